The van der Waals surface area contributed by atoms with Crippen LogP contribution in [0.4, 0.5) is 17.2 Å². The molecule has 0 spiro atoms. The van der Waals surface area contributed by atoms with Gasteiger partial charge in [-0.25, -0.2) is 4.98 Å². The molecule has 2 aromatic rings. The van der Waals surface area contributed by atoms with Crippen molar-refractivity contribution in [2.24, 2.45) is 0 Å². The quantitative estimate of drug-likeness (QED) is 0.869. The van der Waals surface area contributed by atoms with Crippen molar-refractivity contribution in [3.63, 3.8) is 0 Å². The Kier molecular flexibility index (Phi) is 3.37. The van der Waals surface area contributed by atoms with Gasteiger partial charge in [0.25, 0.3) is 0 Å². The maximum absolute atomic E-state index is 5.69. The third-order valence-corrected chi connectivity index (χ3v) is 2.71. The van der Waals surface area contributed by atoms with E-state index in [4.69, 9.17) is 10.5 Å². The van der Waals surface area contributed by atoms with Gasteiger partial charge in [-0.05, 0) is 43.2 Å². The lowest BCUT2D eigenvalue weighted by Gasteiger charge is -2.13. The van der Waals surface area contributed by atoms with Crippen LogP contribution >= 0.6 is 0 Å². The first kappa shape index (κ1) is 12.2. The number of nitrogens with two attached hydrogens (primary N) is 1. The van der Waals surface area contributed by atoms with Crippen LogP contribution in [0.15, 0.2) is 30.5 Å². The largest absolute Gasteiger partial charge is 0.495 e. The van der Waals surface area contributed by atoms with Crippen molar-refractivity contribution in [2.45, 2.75) is 13.8 Å². The van der Waals surface area contributed by atoms with Crippen LogP contribution in [0, 0.1) is 13.8 Å². The Balaban J connectivity index is 2.36. The van der Waals surface area contributed by atoms with Crippen LogP contribution in [0.25, 0.3) is 0 Å². The minimum Gasteiger partial charge on any atom is -0.495 e. The molecule has 2 rings (SSSR count). The SMILES string of the molecule is COc1ccc(C)cc1Nc1ncc(N)cc1C. The van der Waals surface area contributed by atoms with E-state index >= 15 is 0 Å². The zero-order valence-corrected chi connectivity index (χ0v) is 10.8. The Morgan fingerprint density at radius 2 is 2.00 bits per heavy atom. The smallest absolute Gasteiger partial charge is 0.142 e. The molecule has 0 aliphatic carbocycles. The number of hydrogen-bond donors (Lipinski definition) is 2. The molecule has 0 atom stereocenters. The minimum atomic E-state index is 0.661. The second-order valence-electron chi connectivity index (χ2n) is 4.26. The molecule has 18 heavy (non-hydrogen) atoms. The molecule has 0 fully saturated rings. The number of hydrogen-bond acceptors (Lipinski definition) is 4. The zero-order chi connectivity index (χ0) is 13.1. The van der Waals surface area contributed by atoms with Gasteiger partial charge in [-0.15, -0.1) is 0 Å². The van der Waals surface area contributed by atoms with Crippen molar-refractivity contribution in [1.82, 2.24) is 4.98 Å². The Morgan fingerprint density at radius 3 is 2.67 bits per heavy atom. The van der Waals surface area contributed by atoms with Gasteiger partial charge in [-0.3, -0.25) is 0 Å². The van der Waals surface area contributed by atoms with Crippen LogP contribution in [0.5, 0.6) is 5.75 Å². The van der Waals surface area contributed by atoms with Crippen molar-refractivity contribution in [1.29, 1.82) is 0 Å². The lowest BCUT2D eigenvalue weighted by molar-refractivity contribution is 0.416. The van der Waals surface area contributed by atoms with E-state index in [2.05, 4.69) is 10.3 Å². The standard InChI is InChI=1S/C14H17N3O/c1-9-4-5-13(18-3)12(6-9)17-14-10(2)7-11(15)8-16-14/h4-8H,15H2,1-3H3,(H,16,17). The lowest BCUT2D eigenvalue weighted by atomic mass is 10.2. The third kappa shape index (κ3) is 2.53. The molecular formula is C14H17N3O. The Labute approximate surface area is 107 Å². The Hall–Kier alpha value is -2.23. The monoisotopic (exact) mass is 243 g/mol. The molecule has 1 aromatic carbocycles. The van der Waals surface area contributed by atoms with Gasteiger partial charge in [0.15, 0.2) is 0 Å². The van der Waals surface area contributed by atoms with Gasteiger partial charge in [-0.1, -0.05) is 6.07 Å². The first-order valence-electron chi connectivity index (χ1n) is 5.74. The predicted octanol–water partition coefficient (Wildman–Crippen LogP) is 3.03. The fourth-order valence-electron chi connectivity index (χ4n) is 1.77. The molecule has 94 valence electrons. The lowest BCUT2D eigenvalue weighted by Crippen LogP contribution is -2.00. The number of benzene rings is 1. The number of nitrogens with zero attached hydrogens (tertiary/aromatic N) is 1. The van der Waals surface area contributed by atoms with Crippen molar-refractivity contribution >= 4 is 17.2 Å². The number of nitrogen functional groups attached to an aromatic ring is 1. The highest BCUT2D eigenvalue weighted by Gasteiger charge is 2.06. The molecule has 4 nitrogen and oxygen atoms in total. The fourth-order valence-corrected chi connectivity index (χ4v) is 1.77. The first-order chi connectivity index (χ1) is 8.60. The maximum atomic E-state index is 5.69. The molecule has 0 aliphatic rings. The van der Waals surface area contributed by atoms with Crippen LogP contribution < -0.4 is 15.8 Å². The molecule has 0 saturated carbocycles. The predicted molar refractivity (Wildman–Crippen MR) is 74.4 cm³/mol. The molecule has 0 amide bonds. The summed E-state index contributed by atoms with van der Waals surface area (Å²) >= 11 is 0. The molecule has 4 heteroatoms. The van der Waals surface area contributed by atoms with Gasteiger partial charge in [-0.2, -0.15) is 0 Å². The molecule has 0 bridgehead atoms. The number of ether oxygens (including phenoxy) is 1. The van der Waals surface area contributed by atoms with E-state index in [1.54, 1.807) is 13.3 Å². The second kappa shape index (κ2) is 4.96. The van der Waals surface area contributed by atoms with Crippen LogP contribution in [-0.4, -0.2) is 12.1 Å². The van der Waals surface area contributed by atoms with E-state index in [1.807, 2.05) is 38.1 Å². The summed E-state index contributed by atoms with van der Waals surface area (Å²) in [7, 11) is 1.65. The molecule has 1 heterocycles. The molecule has 0 saturated heterocycles. The van der Waals surface area contributed by atoms with E-state index in [0.29, 0.717) is 5.69 Å². The van der Waals surface area contributed by atoms with Gasteiger partial charge in [0.1, 0.15) is 11.6 Å². The molecule has 1 aromatic heterocycles. The summed E-state index contributed by atoms with van der Waals surface area (Å²) in [6.45, 7) is 4.00. The Bertz CT molecular complexity index is 567. The van der Waals surface area contributed by atoms with Gasteiger partial charge < -0.3 is 15.8 Å². The Morgan fingerprint density at radius 1 is 1.22 bits per heavy atom. The van der Waals surface area contributed by atoms with Crippen molar-refractivity contribution < 1.29 is 4.74 Å². The molecule has 0 aliphatic heterocycles. The highest BCUT2D eigenvalue weighted by Crippen LogP contribution is 2.29. The third-order valence-electron chi connectivity index (χ3n) is 2.71. The zero-order valence-electron chi connectivity index (χ0n) is 10.8. The minimum absolute atomic E-state index is 0.661. The second-order valence-corrected chi connectivity index (χ2v) is 4.26. The summed E-state index contributed by atoms with van der Waals surface area (Å²) in [4.78, 5) is 4.29. The summed E-state index contributed by atoms with van der Waals surface area (Å²) in [5.74, 6) is 1.58. The summed E-state index contributed by atoms with van der Waals surface area (Å²) in [5, 5.41) is 3.27. The van der Waals surface area contributed by atoms with Crippen LogP contribution in [0.1, 0.15) is 11.1 Å². The van der Waals surface area contributed by atoms with E-state index in [0.717, 1.165) is 28.4 Å². The van der Waals surface area contributed by atoms with E-state index < -0.39 is 0 Å². The van der Waals surface area contributed by atoms with E-state index in [9.17, 15) is 0 Å². The van der Waals surface area contributed by atoms with Crippen molar-refractivity contribution in [3.8, 4) is 5.75 Å². The number of aromatic nitrogens is 1. The molecule has 3 N–H and O–H groups in total. The fraction of sp³-hybridized carbons (Fsp3) is 0.214. The van der Waals surface area contributed by atoms with E-state index in [1.165, 1.54) is 0 Å². The average molecular weight is 243 g/mol. The summed E-state index contributed by atoms with van der Waals surface area (Å²) in [5.41, 5.74) is 9.41. The molecule has 0 unspecified atom stereocenters. The van der Waals surface area contributed by atoms with Gasteiger partial charge in [0.2, 0.25) is 0 Å². The average Bonchev–Trinajstić information content (AvgIpc) is 2.33. The topological polar surface area (TPSA) is 60.2 Å². The normalized spacial score (nSPS) is 10.2. The summed E-state index contributed by atoms with van der Waals surface area (Å²) < 4.78 is 5.32. The van der Waals surface area contributed by atoms with Crippen LogP contribution in [0.3, 0.4) is 0 Å². The maximum Gasteiger partial charge on any atom is 0.142 e. The first-order valence-corrected chi connectivity index (χ1v) is 5.74. The number of aryl methyl sites for hydroxylation is 2. The molecular weight excluding hydrogens is 226 g/mol. The highest BCUT2D eigenvalue weighted by molar-refractivity contribution is 5.67. The molecule has 0 radical (unpaired) electrons. The van der Waals surface area contributed by atoms with Gasteiger partial charge in [0.05, 0.1) is 24.7 Å². The van der Waals surface area contributed by atoms with Crippen LogP contribution in [0.2, 0.25) is 0 Å². The number of rotatable bonds is 3. The van der Waals surface area contributed by atoms with Crippen molar-refractivity contribution in [3.05, 3.63) is 41.6 Å². The number of pyridine rings is 1. The number of nitrogens with one attached hydrogen (secondary N) is 1. The number of anilines is 3. The summed E-state index contributed by atoms with van der Waals surface area (Å²) in [6.07, 6.45) is 1.64. The van der Waals surface area contributed by atoms with Gasteiger partial charge in [0, 0.05) is 0 Å². The number of methoxy groups -OCH3 is 1. The summed E-state index contributed by atoms with van der Waals surface area (Å²) in [6, 6.07) is 7.85. The highest BCUT2D eigenvalue weighted by atomic mass is 16.5. The van der Waals surface area contributed by atoms with Gasteiger partial charge >= 0.3 is 0 Å². The van der Waals surface area contributed by atoms with Crippen LogP contribution in [-0.2, 0) is 0 Å². The van der Waals surface area contributed by atoms with E-state index in [-0.39, 0.29) is 0 Å². The van der Waals surface area contributed by atoms with Crippen molar-refractivity contribution in [2.75, 3.05) is 18.2 Å².